The molecule has 4 rings (SSSR count). The number of carboxylic acid groups (broad SMARTS) is 1. The summed E-state index contributed by atoms with van der Waals surface area (Å²) in [7, 11) is 6.56. The van der Waals surface area contributed by atoms with Gasteiger partial charge < -0.3 is 45.3 Å². The first-order valence-electron chi connectivity index (χ1n) is 24.4. The number of para-hydroxylation sites is 1. The number of likely N-dealkylation sites (tertiary alicyclic amines) is 1. The van der Waals surface area contributed by atoms with Crippen LogP contribution in [0.3, 0.4) is 0 Å². The van der Waals surface area contributed by atoms with Gasteiger partial charge in [0.1, 0.15) is 12.1 Å². The molecule has 1 fully saturated rings. The van der Waals surface area contributed by atoms with Crippen molar-refractivity contribution in [3.8, 4) is 0 Å². The monoisotopic (exact) mass is 946 g/mol. The zero-order chi connectivity index (χ0) is 50.2. The Morgan fingerprint density at radius 2 is 1.54 bits per heavy atom. The smallest absolute Gasteiger partial charge is 0.303 e. The molecule has 1 saturated heterocycles. The van der Waals surface area contributed by atoms with Gasteiger partial charge in [-0.05, 0) is 67.8 Å². The summed E-state index contributed by atoms with van der Waals surface area (Å²) < 4.78 is 12.2. The summed E-state index contributed by atoms with van der Waals surface area (Å²) in [5.74, 6) is -3.65. The summed E-state index contributed by atoms with van der Waals surface area (Å²) in [4.78, 5) is 90.8. The highest BCUT2D eigenvalue weighted by atomic mass is 16.5. The normalized spacial score (nSPS) is 17.6. The number of methoxy groups -OCH3 is 2. The van der Waals surface area contributed by atoms with Gasteiger partial charge >= 0.3 is 5.97 Å². The highest BCUT2D eigenvalue weighted by molar-refractivity contribution is 5.91. The molecule has 8 unspecified atom stereocenters. The lowest BCUT2D eigenvalue weighted by atomic mass is 9.89. The lowest BCUT2D eigenvalue weighted by Crippen LogP contribution is -2.60. The fourth-order valence-corrected chi connectivity index (χ4v) is 9.85. The molecule has 1 aliphatic rings. The van der Waals surface area contributed by atoms with Crippen LogP contribution < -0.4 is 16.0 Å². The van der Waals surface area contributed by atoms with Crippen molar-refractivity contribution in [2.75, 3.05) is 41.4 Å². The highest BCUT2D eigenvalue weighted by Crippen LogP contribution is 2.30. The number of amides is 5. The number of H-pyrrole nitrogens is 1. The minimum atomic E-state index is -0.900. The number of carbonyl (C=O) groups is 6. The molecular weight excluding hydrogens is 867 g/mol. The van der Waals surface area contributed by atoms with Crippen LogP contribution in [0.15, 0.2) is 60.8 Å². The van der Waals surface area contributed by atoms with Crippen LogP contribution in [0.4, 0.5) is 0 Å². The van der Waals surface area contributed by atoms with E-state index in [2.05, 4.69) is 20.9 Å². The molecule has 5 amide bonds. The molecule has 5 N–H and O–H groups in total. The average Bonchev–Trinajstić information content (AvgIpc) is 3.97. The summed E-state index contributed by atoms with van der Waals surface area (Å²) >= 11 is 0. The van der Waals surface area contributed by atoms with Crippen LogP contribution in [-0.4, -0.2) is 144 Å². The number of nitrogens with zero attached hydrogens (tertiary/aromatic N) is 3. The van der Waals surface area contributed by atoms with E-state index in [0.29, 0.717) is 45.3 Å². The van der Waals surface area contributed by atoms with Crippen LogP contribution in [0.25, 0.3) is 10.9 Å². The van der Waals surface area contributed by atoms with E-state index in [1.807, 2.05) is 107 Å². The van der Waals surface area contributed by atoms with Gasteiger partial charge in [-0.25, -0.2) is 0 Å². The van der Waals surface area contributed by atoms with Gasteiger partial charge in [0.2, 0.25) is 29.5 Å². The van der Waals surface area contributed by atoms with E-state index in [4.69, 9.17) is 14.6 Å². The van der Waals surface area contributed by atoms with Gasteiger partial charge in [0, 0.05) is 64.3 Å². The first-order chi connectivity index (χ1) is 32.3. The fourth-order valence-electron chi connectivity index (χ4n) is 9.85. The number of aliphatic carboxylic acids is 1. The van der Waals surface area contributed by atoms with Crippen molar-refractivity contribution < 1.29 is 43.3 Å². The third-order valence-electron chi connectivity index (χ3n) is 13.8. The largest absolute Gasteiger partial charge is 0.481 e. The third-order valence-corrected chi connectivity index (χ3v) is 13.8. The van der Waals surface area contributed by atoms with E-state index in [-0.39, 0.29) is 66.6 Å². The van der Waals surface area contributed by atoms with Gasteiger partial charge in [0.05, 0.1) is 42.7 Å². The van der Waals surface area contributed by atoms with Crippen LogP contribution in [0.2, 0.25) is 0 Å². The quantitative estimate of drug-likeness (QED) is 0.0660. The molecule has 2 aromatic carbocycles. The number of fused-ring (bicyclic) bond motifs is 1. The zero-order valence-electron chi connectivity index (χ0n) is 42.3. The predicted molar refractivity (Wildman–Crippen MR) is 263 cm³/mol. The predicted octanol–water partition coefficient (Wildman–Crippen LogP) is 5.39. The number of hydrogen-bond acceptors (Lipinski definition) is 9. The number of carbonyl (C=O) groups excluding carboxylic acids is 5. The molecule has 0 aliphatic carbocycles. The van der Waals surface area contributed by atoms with Crippen LogP contribution in [0.5, 0.6) is 0 Å². The minimum absolute atomic E-state index is 0.0119. The number of benzene rings is 2. The van der Waals surface area contributed by atoms with E-state index in [9.17, 15) is 28.8 Å². The number of likely N-dealkylation sites (N-methyl/N-ethyl adjacent to an activating group) is 2. The molecule has 0 saturated carbocycles. The number of aromatic amines is 1. The molecule has 1 aromatic heterocycles. The highest BCUT2D eigenvalue weighted by Gasteiger charge is 2.43. The van der Waals surface area contributed by atoms with E-state index < -0.39 is 54.3 Å². The Morgan fingerprint density at radius 1 is 0.868 bits per heavy atom. The van der Waals surface area contributed by atoms with Gasteiger partial charge in [-0.1, -0.05) is 103 Å². The average molecular weight is 946 g/mol. The number of ether oxygens (including phenoxy) is 2. The van der Waals surface area contributed by atoms with E-state index in [0.717, 1.165) is 22.0 Å². The first kappa shape index (κ1) is 55.3. The Morgan fingerprint density at radius 3 is 2.16 bits per heavy atom. The molecule has 16 nitrogen and oxygen atoms in total. The van der Waals surface area contributed by atoms with Crippen molar-refractivity contribution in [1.82, 2.24) is 35.6 Å². The van der Waals surface area contributed by atoms with Gasteiger partial charge in [0.25, 0.3) is 0 Å². The van der Waals surface area contributed by atoms with E-state index in [1.54, 1.807) is 30.8 Å². The zero-order valence-corrected chi connectivity index (χ0v) is 42.3. The summed E-state index contributed by atoms with van der Waals surface area (Å²) in [6.07, 6.45) is 3.02. The van der Waals surface area contributed by atoms with Crippen molar-refractivity contribution in [2.45, 2.75) is 142 Å². The molecule has 0 spiro atoms. The summed E-state index contributed by atoms with van der Waals surface area (Å²) in [5, 5.41) is 19.2. The maximum atomic E-state index is 14.5. The summed E-state index contributed by atoms with van der Waals surface area (Å²) in [6, 6.07) is 14.0. The maximum absolute atomic E-state index is 14.5. The molecule has 0 bridgehead atoms. The molecule has 3 aromatic rings. The lowest BCUT2D eigenvalue weighted by Gasteiger charge is -2.41. The van der Waals surface area contributed by atoms with Gasteiger partial charge in [0.15, 0.2) is 0 Å². The molecule has 0 radical (unpaired) electrons. The van der Waals surface area contributed by atoms with Crippen LogP contribution in [0, 0.1) is 23.7 Å². The Kier molecular flexibility index (Phi) is 21.5. The van der Waals surface area contributed by atoms with E-state index in [1.165, 1.54) is 14.2 Å². The molecule has 376 valence electrons. The number of hydrogen-bond donors (Lipinski definition) is 5. The third kappa shape index (κ3) is 14.6. The SMILES string of the molecule is CCC(C)C(C(CC(=O)N1CCC[C@H]1C(OC)C(C)C(=O)NC(Cc1c[nH]c2ccccc12)C(=O)NCc1ccccc1)OC)N(C)C(=O)C(NC(=O)C(C(C)C)N(C)CCCC(=O)O)C(C)C. The second-order valence-electron chi connectivity index (χ2n) is 19.3. The van der Waals surface area contributed by atoms with Gasteiger partial charge in [-0.3, -0.25) is 33.7 Å². The first-order valence-corrected chi connectivity index (χ1v) is 24.4. The van der Waals surface area contributed by atoms with Crippen LogP contribution in [-0.2, 0) is 51.2 Å². The summed E-state index contributed by atoms with van der Waals surface area (Å²) in [6.45, 7) is 14.5. The van der Waals surface area contributed by atoms with Crippen molar-refractivity contribution in [3.63, 3.8) is 0 Å². The Hall–Kier alpha value is -5.32. The molecule has 2 heterocycles. The number of rotatable bonds is 27. The van der Waals surface area contributed by atoms with Crippen LogP contribution >= 0.6 is 0 Å². The molecule has 1 aliphatic heterocycles. The number of aromatic nitrogens is 1. The standard InChI is InChI=1S/C52H79N7O9/c1-12-34(6)47(58(9)52(66)45(32(2)3)56-51(65)46(33(4)5)57(8)26-19-25-44(61)62)42(67-10)29-43(60)59-27-18-24-41(59)48(68-11)35(7)49(63)55-40(50(64)54-30-36-20-14-13-15-21-36)28-37-31-53-39-23-17-16-22-38(37)39/h13-17,20-23,31-35,40-42,45-48,53H,12,18-19,24-30H2,1-11H3,(H,54,64)(H,55,63)(H,56,65)(H,61,62)/t34?,35?,40?,41-,42?,45?,46?,47?,48?/m0/s1. The topological polar surface area (TPSA) is 203 Å². The van der Waals surface area contributed by atoms with Gasteiger partial charge in [-0.2, -0.15) is 0 Å². The Bertz CT molecular complexity index is 2110. The van der Waals surface area contributed by atoms with Crippen molar-refractivity contribution in [2.24, 2.45) is 23.7 Å². The number of carboxylic acids is 1. The van der Waals surface area contributed by atoms with Crippen molar-refractivity contribution >= 4 is 46.4 Å². The maximum Gasteiger partial charge on any atom is 0.303 e. The Labute approximate surface area is 403 Å². The number of nitrogens with one attached hydrogen (secondary N) is 4. The van der Waals surface area contributed by atoms with Gasteiger partial charge in [-0.15, -0.1) is 0 Å². The molecule has 9 atom stereocenters. The minimum Gasteiger partial charge on any atom is -0.481 e. The second kappa shape index (κ2) is 26.4. The second-order valence-corrected chi connectivity index (χ2v) is 19.3. The Balaban J connectivity index is 1.50. The molecule has 16 heteroatoms. The van der Waals surface area contributed by atoms with E-state index >= 15 is 0 Å². The van der Waals surface area contributed by atoms with Crippen molar-refractivity contribution in [1.29, 1.82) is 0 Å². The summed E-state index contributed by atoms with van der Waals surface area (Å²) in [5.41, 5.74) is 2.74. The molecular formula is C52H79N7O9. The fraction of sp³-hybridized carbons (Fsp3) is 0.615. The van der Waals surface area contributed by atoms with Crippen molar-refractivity contribution in [3.05, 3.63) is 71.9 Å². The molecule has 68 heavy (non-hydrogen) atoms. The lowest BCUT2D eigenvalue weighted by molar-refractivity contribution is -0.148. The van der Waals surface area contributed by atoms with Crippen LogP contribution in [0.1, 0.15) is 98.1 Å².